The molecule has 0 N–H and O–H groups in total. The molecule has 8 heteroatoms. The number of nitrogens with zero attached hydrogens (tertiary/aromatic N) is 5. The Bertz CT molecular complexity index is 1080. The molecular formula is C16H10BrCl2N5. The summed E-state index contributed by atoms with van der Waals surface area (Å²) in [4.78, 5) is 6.62. The lowest BCUT2D eigenvalue weighted by molar-refractivity contribution is 1.08. The van der Waals surface area contributed by atoms with Gasteiger partial charge in [0, 0.05) is 22.6 Å². The van der Waals surface area contributed by atoms with Gasteiger partial charge in [-0.3, -0.25) is 4.40 Å². The molecule has 2 heterocycles. The fourth-order valence-corrected chi connectivity index (χ4v) is 3.32. The maximum absolute atomic E-state index is 6.23. The molecule has 4 aromatic rings. The van der Waals surface area contributed by atoms with Gasteiger partial charge in [-0.2, -0.15) is 4.98 Å². The average Bonchev–Trinajstić information content (AvgIpc) is 3.03. The van der Waals surface area contributed by atoms with Crippen LogP contribution in [0.5, 0.6) is 0 Å². The van der Waals surface area contributed by atoms with E-state index in [4.69, 9.17) is 23.2 Å². The van der Waals surface area contributed by atoms with Crippen molar-refractivity contribution in [2.75, 3.05) is 11.9 Å². The van der Waals surface area contributed by atoms with Crippen molar-refractivity contribution in [2.24, 2.45) is 0 Å². The van der Waals surface area contributed by atoms with Gasteiger partial charge in [-0.15, -0.1) is 10.2 Å². The Morgan fingerprint density at radius 2 is 1.92 bits per heavy atom. The van der Waals surface area contributed by atoms with Crippen LogP contribution in [0.1, 0.15) is 0 Å². The molecule has 120 valence electrons. The minimum atomic E-state index is 0.474. The van der Waals surface area contributed by atoms with E-state index < -0.39 is 0 Å². The topological polar surface area (TPSA) is 46.3 Å². The Kier molecular flexibility index (Phi) is 3.83. The van der Waals surface area contributed by atoms with Gasteiger partial charge in [-0.25, -0.2) is 0 Å². The molecule has 0 atom stereocenters. The molecule has 4 rings (SSSR count). The van der Waals surface area contributed by atoms with Crippen LogP contribution in [-0.2, 0) is 0 Å². The molecule has 0 aliphatic heterocycles. The summed E-state index contributed by atoms with van der Waals surface area (Å²) < 4.78 is 2.77. The Morgan fingerprint density at radius 1 is 1.12 bits per heavy atom. The quantitative estimate of drug-likeness (QED) is 0.450. The highest BCUT2D eigenvalue weighted by Crippen LogP contribution is 2.35. The fraction of sp³-hybridized carbons (Fsp3) is 0.0625. The van der Waals surface area contributed by atoms with Crippen LogP contribution in [0.3, 0.4) is 0 Å². The number of hydrogen-bond acceptors (Lipinski definition) is 4. The zero-order valence-corrected chi connectivity index (χ0v) is 15.5. The molecule has 0 radical (unpaired) electrons. The predicted octanol–water partition coefficient (Wildman–Crippen LogP) is 5.11. The molecule has 0 unspecified atom stereocenters. The van der Waals surface area contributed by atoms with Gasteiger partial charge < -0.3 is 4.90 Å². The predicted molar refractivity (Wildman–Crippen MR) is 101 cm³/mol. The summed E-state index contributed by atoms with van der Waals surface area (Å²) in [7, 11) is 1.94. The van der Waals surface area contributed by atoms with Crippen LogP contribution in [0.4, 0.5) is 11.5 Å². The van der Waals surface area contributed by atoms with Crippen molar-refractivity contribution in [1.82, 2.24) is 19.6 Å². The van der Waals surface area contributed by atoms with Crippen LogP contribution < -0.4 is 4.90 Å². The summed E-state index contributed by atoms with van der Waals surface area (Å²) in [5.74, 6) is 1.22. The number of hydrogen-bond donors (Lipinski definition) is 0. The molecule has 0 spiro atoms. The first-order chi connectivity index (χ1) is 11.5. The van der Waals surface area contributed by atoms with Crippen LogP contribution in [0.25, 0.3) is 16.7 Å². The summed E-state index contributed by atoms with van der Waals surface area (Å²) in [6.07, 6.45) is 1.61. The molecule has 5 nitrogen and oxygen atoms in total. The molecule has 0 saturated carbocycles. The summed E-state index contributed by atoms with van der Waals surface area (Å²) in [5.41, 5.74) is 1.82. The Morgan fingerprint density at radius 3 is 2.71 bits per heavy atom. The summed E-state index contributed by atoms with van der Waals surface area (Å²) in [5, 5.41) is 9.81. The van der Waals surface area contributed by atoms with Gasteiger partial charge in [0.25, 0.3) is 5.78 Å². The van der Waals surface area contributed by atoms with Crippen molar-refractivity contribution in [3.63, 3.8) is 0 Å². The standard InChI is InChI=1S/C16H10BrCl2N5/c1-23(10-4-2-3-9(17)5-10)15-11-6-12(18)13(19)7-14(11)24-8-20-22-16(24)21-15/h2-8H,1H3. The zero-order valence-electron chi connectivity index (χ0n) is 12.4. The Balaban J connectivity index is 2.04. The Hall–Kier alpha value is -1.89. The van der Waals surface area contributed by atoms with E-state index in [1.807, 2.05) is 42.3 Å². The van der Waals surface area contributed by atoms with Crippen molar-refractivity contribution in [3.8, 4) is 0 Å². The van der Waals surface area contributed by atoms with Gasteiger partial charge in [0.1, 0.15) is 12.1 Å². The van der Waals surface area contributed by atoms with Crippen molar-refractivity contribution in [2.45, 2.75) is 0 Å². The van der Waals surface area contributed by atoms with E-state index in [1.165, 1.54) is 0 Å². The molecule has 0 fully saturated rings. The number of anilines is 2. The van der Waals surface area contributed by atoms with E-state index in [9.17, 15) is 0 Å². The van der Waals surface area contributed by atoms with E-state index in [2.05, 4.69) is 31.1 Å². The molecule has 2 aromatic heterocycles. The first-order valence-electron chi connectivity index (χ1n) is 7.02. The first-order valence-corrected chi connectivity index (χ1v) is 8.57. The molecule has 0 saturated heterocycles. The maximum Gasteiger partial charge on any atom is 0.257 e. The summed E-state index contributed by atoms with van der Waals surface area (Å²) in [6, 6.07) is 11.6. The van der Waals surface area contributed by atoms with E-state index in [0.29, 0.717) is 15.8 Å². The van der Waals surface area contributed by atoms with Gasteiger partial charge in [0.05, 0.1) is 15.6 Å². The highest BCUT2D eigenvalue weighted by atomic mass is 79.9. The molecule has 0 aliphatic carbocycles. The monoisotopic (exact) mass is 421 g/mol. The number of aromatic nitrogens is 4. The van der Waals surface area contributed by atoms with Gasteiger partial charge >= 0.3 is 0 Å². The van der Waals surface area contributed by atoms with Gasteiger partial charge in [-0.1, -0.05) is 45.2 Å². The SMILES string of the molecule is CN(c1cccc(Br)c1)c1nc2nncn2c2cc(Cl)c(Cl)cc12. The zero-order chi connectivity index (χ0) is 16.8. The molecule has 2 aromatic carbocycles. The average molecular weight is 423 g/mol. The second-order valence-electron chi connectivity index (χ2n) is 5.26. The third-order valence-corrected chi connectivity index (χ3v) is 5.00. The third kappa shape index (κ3) is 2.51. The smallest absolute Gasteiger partial charge is 0.257 e. The molecule has 0 amide bonds. The minimum Gasteiger partial charge on any atom is -0.329 e. The van der Waals surface area contributed by atoms with E-state index in [0.717, 1.165) is 26.9 Å². The first kappa shape index (κ1) is 15.6. The second-order valence-corrected chi connectivity index (χ2v) is 6.99. The lowest BCUT2D eigenvalue weighted by Crippen LogP contribution is -2.13. The summed E-state index contributed by atoms with van der Waals surface area (Å²) >= 11 is 15.9. The number of fused-ring (bicyclic) bond motifs is 3. The molecular weight excluding hydrogens is 413 g/mol. The van der Waals surface area contributed by atoms with Gasteiger partial charge in [-0.05, 0) is 30.3 Å². The van der Waals surface area contributed by atoms with E-state index in [-0.39, 0.29) is 0 Å². The number of halogens is 3. The maximum atomic E-state index is 6.23. The lowest BCUT2D eigenvalue weighted by Gasteiger charge is -2.21. The largest absolute Gasteiger partial charge is 0.329 e. The van der Waals surface area contributed by atoms with Crippen LogP contribution in [-0.4, -0.2) is 26.6 Å². The normalized spacial score (nSPS) is 11.3. The van der Waals surface area contributed by atoms with E-state index >= 15 is 0 Å². The molecule has 24 heavy (non-hydrogen) atoms. The number of rotatable bonds is 2. The number of benzene rings is 2. The fourth-order valence-electron chi connectivity index (χ4n) is 2.61. The van der Waals surface area contributed by atoms with E-state index in [1.54, 1.807) is 16.8 Å². The third-order valence-electron chi connectivity index (χ3n) is 3.79. The van der Waals surface area contributed by atoms with Crippen LogP contribution in [0.15, 0.2) is 47.2 Å². The highest BCUT2D eigenvalue weighted by Gasteiger charge is 2.16. The van der Waals surface area contributed by atoms with Gasteiger partial charge in [0.2, 0.25) is 0 Å². The highest BCUT2D eigenvalue weighted by molar-refractivity contribution is 9.10. The molecule has 0 aliphatic rings. The van der Waals surface area contributed by atoms with Crippen molar-refractivity contribution in [1.29, 1.82) is 0 Å². The van der Waals surface area contributed by atoms with Crippen LogP contribution in [0.2, 0.25) is 10.0 Å². The van der Waals surface area contributed by atoms with Crippen LogP contribution in [0, 0.1) is 0 Å². The van der Waals surface area contributed by atoms with Crippen molar-refractivity contribution in [3.05, 3.63) is 57.2 Å². The van der Waals surface area contributed by atoms with Crippen molar-refractivity contribution < 1.29 is 0 Å². The lowest BCUT2D eigenvalue weighted by atomic mass is 10.2. The van der Waals surface area contributed by atoms with Crippen molar-refractivity contribution >= 4 is 67.3 Å². The van der Waals surface area contributed by atoms with Crippen LogP contribution >= 0.6 is 39.1 Å². The molecule has 0 bridgehead atoms. The minimum absolute atomic E-state index is 0.474. The Labute approximate surface area is 156 Å². The second kappa shape index (κ2) is 5.88. The summed E-state index contributed by atoms with van der Waals surface area (Å²) in [6.45, 7) is 0. The van der Waals surface area contributed by atoms with Gasteiger partial charge in [0.15, 0.2) is 0 Å².